The number of furan rings is 1. The molecule has 3 nitrogen and oxygen atoms in total. The van der Waals surface area contributed by atoms with E-state index in [2.05, 4.69) is 19.2 Å². The summed E-state index contributed by atoms with van der Waals surface area (Å²) in [6, 6.07) is 8.19. The van der Waals surface area contributed by atoms with Crippen molar-refractivity contribution >= 4 is 5.69 Å². The molecule has 0 aliphatic rings. The van der Waals surface area contributed by atoms with E-state index in [1.807, 2.05) is 24.3 Å². The highest BCUT2D eigenvalue weighted by atomic mass is 16.5. The van der Waals surface area contributed by atoms with Crippen molar-refractivity contribution in [3.05, 3.63) is 47.9 Å². The monoisotopic (exact) mass is 231 g/mol. The van der Waals surface area contributed by atoms with E-state index in [4.69, 9.17) is 9.15 Å². The molecule has 2 aromatic rings. The summed E-state index contributed by atoms with van der Waals surface area (Å²) in [6.45, 7) is 4.17. The number of aryl methyl sites for hydroxylation is 1. The molecule has 0 saturated carbocycles. The third-order valence-corrected chi connectivity index (χ3v) is 2.86. The largest absolute Gasteiger partial charge is 0.497 e. The molecule has 0 aliphatic carbocycles. The number of benzene rings is 1. The van der Waals surface area contributed by atoms with Crippen molar-refractivity contribution in [3.63, 3.8) is 0 Å². The molecule has 17 heavy (non-hydrogen) atoms. The lowest BCUT2D eigenvalue weighted by Crippen LogP contribution is -2.06. The van der Waals surface area contributed by atoms with Crippen LogP contribution in [0.2, 0.25) is 0 Å². The Morgan fingerprint density at radius 2 is 2.12 bits per heavy atom. The summed E-state index contributed by atoms with van der Waals surface area (Å²) in [7, 11) is 1.67. The van der Waals surface area contributed by atoms with E-state index in [1.54, 1.807) is 19.6 Å². The predicted molar refractivity (Wildman–Crippen MR) is 68.5 cm³/mol. The van der Waals surface area contributed by atoms with E-state index in [9.17, 15) is 0 Å². The van der Waals surface area contributed by atoms with Crippen molar-refractivity contribution in [1.82, 2.24) is 0 Å². The molecule has 90 valence electrons. The van der Waals surface area contributed by atoms with Crippen LogP contribution in [0.5, 0.6) is 5.75 Å². The van der Waals surface area contributed by atoms with Gasteiger partial charge in [0.15, 0.2) is 0 Å². The molecule has 3 heteroatoms. The summed E-state index contributed by atoms with van der Waals surface area (Å²) in [5.74, 6) is 0.859. The third-order valence-electron chi connectivity index (χ3n) is 2.86. The van der Waals surface area contributed by atoms with E-state index in [1.165, 1.54) is 5.56 Å². The van der Waals surface area contributed by atoms with Crippen molar-refractivity contribution in [2.45, 2.75) is 19.9 Å². The Labute approximate surface area is 101 Å². The summed E-state index contributed by atoms with van der Waals surface area (Å²) < 4.78 is 10.3. The molecule has 0 spiro atoms. The molecule has 0 fully saturated rings. The van der Waals surface area contributed by atoms with Gasteiger partial charge in [-0.25, -0.2) is 0 Å². The standard InChI is InChI=1S/C14H17NO2/c1-10-4-5-13(16-3)8-14(10)15-11(2)12-6-7-17-9-12/h4-9,11,15H,1-3H3. The van der Waals surface area contributed by atoms with Gasteiger partial charge >= 0.3 is 0 Å². The lowest BCUT2D eigenvalue weighted by molar-refractivity contribution is 0.415. The quantitative estimate of drug-likeness (QED) is 0.869. The minimum atomic E-state index is 0.208. The zero-order valence-electron chi connectivity index (χ0n) is 10.4. The van der Waals surface area contributed by atoms with Gasteiger partial charge in [0.25, 0.3) is 0 Å². The first-order valence-corrected chi connectivity index (χ1v) is 5.64. The van der Waals surface area contributed by atoms with Crippen molar-refractivity contribution in [2.75, 3.05) is 12.4 Å². The van der Waals surface area contributed by atoms with Gasteiger partial charge < -0.3 is 14.5 Å². The van der Waals surface area contributed by atoms with Crippen molar-refractivity contribution < 1.29 is 9.15 Å². The Morgan fingerprint density at radius 3 is 2.76 bits per heavy atom. The number of nitrogens with one attached hydrogen (secondary N) is 1. The second kappa shape index (κ2) is 4.95. The van der Waals surface area contributed by atoms with Crippen LogP contribution in [0.4, 0.5) is 5.69 Å². The normalized spacial score (nSPS) is 12.2. The molecular formula is C14H17NO2. The number of anilines is 1. The number of rotatable bonds is 4. The molecule has 2 rings (SSSR count). The van der Waals surface area contributed by atoms with Crippen molar-refractivity contribution in [3.8, 4) is 5.75 Å². The predicted octanol–water partition coefficient (Wildman–Crippen LogP) is 3.77. The van der Waals surface area contributed by atoms with E-state index in [0.29, 0.717) is 0 Å². The van der Waals surface area contributed by atoms with Gasteiger partial charge in [0.05, 0.1) is 25.7 Å². The zero-order chi connectivity index (χ0) is 12.3. The van der Waals surface area contributed by atoms with Crippen LogP contribution in [0.3, 0.4) is 0 Å². The molecule has 0 bridgehead atoms. The Bertz CT molecular complexity index is 477. The van der Waals surface area contributed by atoms with Crippen LogP contribution in [0.25, 0.3) is 0 Å². The number of hydrogen-bond acceptors (Lipinski definition) is 3. The van der Waals surface area contributed by atoms with Crippen LogP contribution in [0.15, 0.2) is 41.2 Å². The topological polar surface area (TPSA) is 34.4 Å². The van der Waals surface area contributed by atoms with E-state index >= 15 is 0 Å². The highest BCUT2D eigenvalue weighted by Gasteiger charge is 2.08. The Hall–Kier alpha value is -1.90. The van der Waals surface area contributed by atoms with Crippen molar-refractivity contribution in [1.29, 1.82) is 0 Å². The fraction of sp³-hybridized carbons (Fsp3) is 0.286. The first-order chi connectivity index (χ1) is 8.20. The summed E-state index contributed by atoms with van der Waals surface area (Å²) in [5.41, 5.74) is 3.41. The number of methoxy groups -OCH3 is 1. The molecule has 1 atom stereocenters. The van der Waals surface area contributed by atoms with Gasteiger partial charge in [-0.1, -0.05) is 6.07 Å². The molecule has 1 aromatic carbocycles. The maximum absolute atomic E-state index is 5.22. The van der Waals surface area contributed by atoms with Crippen molar-refractivity contribution in [2.24, 2.45) is 0 Å². The van der Waals surface area contributed by atoms with Gasteiger partial charge in [-0.2, -0.15) is 0 Å². The second-order valence-corrected chi connectivity index (χ2v) is 4.10. The highest BCUT2D eigenvalue weighted by Crippen LogP contribution is 2.26. The van der Waals surface area contributed by atoms with Gasteiger partial charge in [-0.3, -0.25) is 0 Å². The minimum absolute atomic E-state index is 0.208. The van der Waals surface area contributed by atoms with E-state index in [0.717, 1.165) is 17.0 Å². The Balaban J connectivity index is 2.18. The summed E-state index contributed by atoms with van der Waals surface area (Å²) >= 11 is 0. The van der Waals surface area contributed by atoms with Crippen LogP contribution in [0.1, 0.15) is 24.1 Å². The molecule has 1 unspecified atom stereocenters. The van der Waals surface area contributed by atoms with Gasteiger partial charge in [-0.15, -0.1) is 0 Å². The first-order valence-electron chi connectivity index (χ1n) is 5.64. The van der Waals surface area contributed by atoms with Crippen LogP contribution in [-0.2, 0) is 0 Å². The second-order valence-electron chi connectivity index (χ2n) is 4.10. The van der Waals surface area contributed by atoms with E-state index in [-0.39, 0.29) is 6.04 Å². The fourth-order valence-corrected chi connectivity index (χ4v) is 1.72. The summed E-state index contributed by atoms with van der Waals surface area (Å²) in [5, 5.41) is 3.45. The van der Waals surface area contributed by atoms with Crippen LogP contribution in [-0.4, -0.2) is 7.11 Å². The SMILES string of the molecule is COc1ccc(C)c(NC(C)c2ccoc2)c1. The molecule has 0 aliphatic heterocycles. The molecule has 1 aromatic heterocycles. The molecule has 0 amide bonds. The van der Waals surface area contributed by atoms with Crippen LogP contribution < -0.4 is 10.1 Å². The maximum atomic E-state index is 5.22. The Morgan fingerprint density at radius 1 is 1.29 bits per heavy atom. The fourth-order valence-electron chi connectivity index (χ4n) is 1.72. The molecule has 0 radical (unpaired) electrons. The molecule has 1 N–H and O–H groups in total. The van der Waals surface area contributed by atoms with E-state index < -0.39 is 0 Å². The third kappa shape index (κ3) is 2.61. The van der Waals surface area contributed by atoms with Crippen LogP contribution >= 0.6 is 0 Å². The molecule has 0 saturated heterocycles. The number of hydrogen-bond donors (Lipinski definition) is 1. The smallest absolute Gasteiger partial charge is 0.120 e. The lowest BCUT2D eigenvalue weighted by Gasteiger charge is -2.16. The van der Waals surface area contributed by atoms with Crippen LogP contribution in [0, 0.1) is 6.92 Å². The molecule has 1 heterocycles. The van der Waals surface area contributed by atoms with Gasteiger partial charge in [0.1, 0.15) is 5.75 Å². The summed E-state index contributed by atoms with van der Waals surface area (Å²) in [6.07, 6.45) is 3.44. The van der Waals surface area contributed by atoms with Gasteiger partial charge in [-0.05, 0) is 31.5 Å². The average Bonchev–Trinajstić information content (AvgIpc) is 2.85. The van der Waals surface area contributed by atoms with Gasteiger partial charge in [0.2, 0.25) is 0 Å². The lowest BCUT2D eigenvalue weighted by atomic mass is 10.1. The minimum Gasteiger partial charge on any atom is -0.497 e. The van der Waals surface area contributed by atoms with Gasteiger partial charge in [0, 0.05) is 17.3 Å². The highest BCUT2D eigenvalue weighted by molar-refractivity contribution is 5.55. The number of ether oxygens (including phenoxy) is 1. The summed E-state index contributed by atoms with van der Waals surface area (Å²) in [4.78, 5) is 0. The Kier molecular flexibility index (Phi) is 3.38. The molecular weight excluding hydrogens is 214 g/mol. The maximum Gasteiger partial charge on any atom is 0.120 e. The zero-order valence-corrected chi connectivity index (χ0v) is 10.4. The average molecular weight is 231 g/mol. The first kappa shape index (κ1) is 11.6.